The van der Waals surface area contributed by atoms with Gasteiger partial charge in [0.15, 0.2) is 0 Å². The fraction of sp³-hybridized carbons (Fsp3) is 0.222. The van der Waals surface area contributed by atoms with E-state index in [0.717, 1.165) is 33.5 Å². The minimum absolute atomic E-state index is 0.166. The number of rotatable bonds is 1. The minimum atomic E-state index is -0.683. The number of benzene rings is 2. The molecule has 0 unspecified atom stereocenters. The van der Waals surface area contributed by atoms with Crippen molar-refractivity contribution in [3.05, 3.63) is 65.7 Å². The lowest BCUT2D eigenvalue weighted by molar-refractivity contribution is -0.109. The van der Waals surface area contributed by atoms with E-state index in [9.17, 15) is 0 Å². The molecule has 2 aromatic carbocycles. The molecule has 1 spiro atoms. The summed E-state index contributed by atoms with van der Waals surface area (Å²) in [5.41, 5.74) is 3.43. The highest BCUT2D eigenvalue weighted by molar-refractivity contribution is 8.23. The van der Waals surface area contributed by atoms with Crippen LogP contribution >= 0.6 is 24.0 Å². The largest absolute Gasteiger partial charge is 0.447 e. The predicted molar refractivity (Wildman–Crippen MR) is 100 cm³/mol. The van der Waals surface area contributed by atoms with Gasteiger partial charge in [0.25, 0.3) is 5.85 Å². The Kier molecular flexibility index (Phi) is 3.11. The monoisotopic (exact) mass is 353 g/mol. The van der Waals surface area contributed by atoms with E-state index >= 15 is 0 Å². The molecule has 6 heteroatoms. The van der Waals surface area contributed by atoms with Gasteiger partial charge in [-0.3, -0.25) is 0 Å². The van der Waals surface area contributed by atoms with Gasteiger partial charge in [0, 0.05) is 12.0 Å². The summed E-state index contributed by atoms with van der Waals surface area (Å²) in [7, 11) is 0. The molecule has 3 aliphatic heterocycles. The molecule has 0 aromatic heterocycles. The van der Waals surface area contributed by atoms with Crippen molar-refractivity contribution in [3.8, 4) is 5.75 Å². The van der Waals surface area contributed by atoms with Crippen LogP contribution < -0.4 is 10.1 Å². The molecule has 2 atom stereocenters. The molecule has 0 amide bonds. The smallest absolute Gasteiger partial charge is 0.287 e. The van der Waals surface area contributed by atoms with Gasteiger partial charge in [0.1, 0.15) is 10.1 Å². The lowest BCUT2D eigenvalue weighted by atomic mass is 9.96. The highest BCUT2D eigenvalue weighted by Gasteiger charge is 2.53. The summed E-state index contributed by atoms with van der Waals surface area (Å²) < 4.78 is 7.11. The molecule has 3 heterocycles. The summed E-state index contributed by atoms with van der Waals surface area (Å²) in [4.78, 5) is 0. The quantitative estimate of drug-likeness (QED) is 0.794. The molecule has 0 aliphatic carbocycles. The molecule has 3 aliphatic rings. The number of thioether (sulfide) groups is 1. The van der Waals surface area contributed by atoms with Gasteiger partial charge in [-0.25, -0.2) is 5.01 Å². The first-order chi connectivity index (χ1) is 11.8. The molecular weight excluding hydrogens is 338 g/mol. The fourth-order valence-electron chi connectivity index (χ4n) is 3.54. The third-order valence-corrected chi connectivity index (χ3v) is 6.00. The van der Waals surface area contributed by atoms with Gasteiger partial charge in [-0.05, 0) is 11.6 Å². The zero-order valence-electron chi connectivity index (χ0n) is 12.8. The second kappa shape index (κ2) is 5.22. The van der Waals surface area contributed by atoms with Crippen molar-refractivity contribution in [1.82, 2.24) is 10.3 Å². The summed E-state index contributed by atoms with van der Waals surface area (Å²) in [6.07, 6.45) is 0.866. The summed E-state index contributed by atoms with van der Waals surface area (Å²) >= 11 is 6.96. The Labute approximate surface area is 149 Å². The Balaban J connectivity index is 1.62. The summed E-state index contributed by atoms with van der Waals surface area (Å²) in [5.74, 6) is 0.959. The van der Waals surface area contributed by atoms with Crippen LogP contribution in [0.15, 0.2) is 59.7 Å². The maximum absolute atomic E-state index is 6.35. The van der Waals surface area contributed by atoms with Crippen LogP contribution in [0, 0.1) is 0 Å². The molecule has 0 bridgehead atoms. The molecule has 2 aromatic rings. The normalized spacial score (nSPS) is 27.3. The Morgan fingerprint density at radius 1 is 1.17 bits per heavy atom. The molecule has 1 N–H and O–H groups in total. The molecule has 24 heavy (non-hydrogen) atoms. The number of hydrazone groups is 1. The third kappa shape index (κ3) is 2.06. The molecule has 1 fully saturated rings. The van der Waals surface area contributed by atoms with Crippen LogP contribution in [0.1, 0.15) is 23.6 Å². The van der Waals surface area contributed by atoms with Crippen molar-refractivity contribution in [2.75, 3.05) is 5.75 Å². The van der Waals surface area contributed by atoms with E-state index in [1.807, 2.05) is 30.3 Å². The van der Waals surface area contributed by atoms with E-state index in [4.69, 9.17) is 22.1 Å². The van der Waals surface area contributed by atoms with Crippen LogP contribution in [-0.2, 0) is 0 Å². The van der Waals surface area contributed by atoms with E-state index in [2.05, 4.69) is 34.6 Å². The van der Waals surface area contributed by atoms with Gasteiger partial charge < -0.3 is 10.1 Å². The molecule has 1 saturated heterocycles. The van der Waals surface area contributed by atoms with E-state index in [0.29, 0.717) is 0 Å². The van der Waals surface area contributed by atoms with Gasteiger partial charge in [0.2, 0.25) is 0 Å². The molecular formula is C18H15N3OS2. The Hall–Kier alpha value is -2.05. The number of ether oxygens (including phenoxy) is 1. The van der Waals surface area contributed by atoms with Crippen LogP contribution in [0.4, 0.5) is 0 Å². The second-order valence-corrected chi connectivity index (χ2v) is 7.75. The van der Waals surface area contributed by atoms with Crippen molar-refractivity contribution in [3.63, 3.8) is 0 Å². The topological polar surface area (TPSA) is 36.9 Å². The van der Waals surface area contributed by atoms with E-state index in [-0.39, 0.29) is 6.04 Å². The first-order valence-electron chi connectivity index (χ1n) is 7.90. The van der Waals surface area contributed by atoms with Crippen molar-refractivity contribution in [2.45, 2.75) is 18.3 Å². The van der Waals surface area contributed by atoms with Crippen molar-refractivity contribution < 1.29 is 4.74 Å². The van der Waals surface area contributed by atoms with Gasteiger partial charge in [-0.15, -0.1) is 0 Å². The third-order valence-electron chi connectivity index (χ3n) is 4.64. The minimum Gasteiger partial charge on any atom is -0.447 e. The lowest BCUT2D eigenvalue weighted by Gasteiger charge is -2.44. The van der Waals surface area contributed by atoms with Gasteiger partial charge >= 0.3 is 0 Å². The highest BCUT2D eigenvalue weighted by atomic mass is 32.2. The standard InChI is InChI=1S/C18H15N3OS2/c23-17-19-18(11-24-17)21-15(13-8-4-5-9-16(13)22-18)10-14(20-21)12-6-2-1-3-7-12/h1-9,15H,10-11H2,(H,19,23)/t15-,18-/m1/s1. The molecule has 4 nitrogen and oxygen atoms in total. The lowest BCUT2D eigenvalue weighted by Crippen LogP contribution is -2.62. The predicted octanol–water partition coefficient (Wildman–Crippen LogP) is 3.51. The van der Waals surface area contributed by atoms with E-state index < -0.39 is 5.85 Å². The fourth-order valence-corrected chi connectivity index (χ4v) is 4.70. The molecule has 0 saturated carbocycles. The maximum atomic E-state index is 6.35. The maximum Gasteiger partial charge on any atom is 0.287 e. The van der Waals surface area contributed by atoms with Crippen molar-refractivity contribution in [2.24, 2.45) is 5.10 Å². The SMILES string of the molecule is S=C1N[C@@]2(CS1)Oc1ccccc1[C@H]1CC(c3ccccc3)=NN12. The zero-order chi connectivity index (χ0) is 16.1. The summed E-state index contributed by atoms with van der Waals surface area (Å²) in [6.45, 7) is 0. The average Bonchev–Trinajstić information content (AvgIpc) is 3.22. The number of fused-ring (bicyclic) bond motifs is 4. The average molecular weight is 353 g/mol. The first-order valence-corrected chi connectivity index (χ1v) is 9.30. The van der Waals surface area contributed by atoms with Crippen LogP contribution in [0.2, 0.25) is 0 Å². The number of hydrogen-bond acceptors (Lipinski definition) is 5. The number of nitrogens with zero attached hydrogens (tertiary/aromatic N) is 2. The molecule has 120 valence electrons. The Bertz CT molecular complexity index is 854. The Morgan fingerprint density at radius 2 is 1.96 bits per heavy atom. The summed E-state index contributed by atoms with van der Waals surface area (Å²) in [6, 6.07) is 18.7. The number of para-hydroxylation sites is 1. The van der Waals surface area contributed by atoms with E-state index in [1.165, 1.54) is 5.56 Å². The van der Waals surface area contributed by atoms with Gasteiger partial charge in [-0.2, -0.15) is 5.10 Å². The van der Waals surface area contributed by atoms with Crippen LogP contribution in [-0.4, -0.2) is 26.6 Å². The number of thiocarbonyl (C=S) groups is 1. The van der Waals surface area contributed by atoms with Gasteiger partial charge in [-0.1, -0.05) is 72.5 Å². The number of hydrogen-bond donors (Lipinski definition) is 1. The highest BCUT2D eigenvalue weighted by Crippen LogP contribution is 2.48. The molecule has 5 rings (SSSR count). The first kappa shape index (κ1) is 14.3. The second-order valence-electron chi connectivity index (χ2n) is 6.10. The van der Waals surface area contributed by atoms with E-state index in [1.54, 1.807) is 11.8 Å². The van der Waals surface area contributed by atoms with Crippen LogP contribution in [0.5, 0.6) is 5.75 Å². The Morgan fingerprint density at radius 3 is 2.75 bits per heavy atom. The summed E-state index contributed by atoms with van der Waals surface area (Å²) in [5, 5.41) is 10.4. The zero-order valence-corrected chi connectivity index (χ0v) is 14.4. The van der Waals surface area contributed by atoms with Gasteiger partial charge in [0.05, 0.1) is 17.5 Å². The van der Waals surface area contributed by atoms with Crippen LogP contribution in [0.25, 0.3) is 0 Å². The van der Waals surface area contributed by atoms with Crippen molar-refractivity contribution in [1.29, 1.82) is 0 Å². The van der Waals surface area contributed by atoms with Crippen molar-refractivity contribution >= 4 is 34.0 Å². The number of nitrogens with one attached hydrogen (secondary N) is 1. The van der Waals surface area contributed by atoms with Crippen LogP contribution in [0.3, 0.4) is 0 Å². The molecule has 0 radical (unpaired) electrons.